The topological polar surface area (TPSA) is 12.9 Å². The molecule has 2 rings (SSSR count). The summed E-state index contributed by atoms with van der Waals surface area (Å²) in [5.74, 6) is 0.691. The van der Waals surface area contributed by atoms with Gasteiger partial charge >= 0.3 is 0 Å². The van der Waals surface area contributed by atoms with Crippen molar-refractivity contribution < 1.29 is 0 Å². The number of nitrogens with zero attached hydrogens (tertiary/aromatic N) is 1. The number of rotatable bonds is 0. The summed E-state index contributed by atoms with van der Waals surface area (Å²) in [5.41, 5.74) is 2.78. The van der Waals surface area contributed by atoms with Crippen molar-refractivity contribution in [1.29, 1.82) is 0 Å². The van der Waals surface area contributed by atoms with E-state index in [0.717, 1.165) is 0 Å². The largest absolute Gasteiger partial charge is 0.261 e. The van der Waals surface area contributed by atoms with Crippen molar-refractivity contribution >= 4 is 0 Å². The molecule has 0 bridgehead atoms. The number of fused-ring (bicyclic) bond motifs is 1. The molecule has 0 aliphatic heterocycles. The highest BCUT2D eigenvalue weighted by Crippen LogP contribution is 2.29. The Morgan fingerprint density at radius 2 is 1.62 bits per heavy atom. The van der Waals surface area contributed by atoms with Crippen LogP contribution in [-0.2, 0) is 6.42 Å². The van der Waals surface area contributed by atoms with E-state index in [1.807, 2.05) is 53.8 Å². The Bertz CT molecular complexity index is 243. The molecule has 0 spiro atoms. The summed E-state index contributed by atoms with van der Waals surface area (Å²) in [5, 5.41) is 0. The van der Waals surface area contributed by atoms with E-state index in [0.29, 0.717) is 5.92 Å². The van der Waals surface area contributed by atoms with Crippen LogP contribution in [0.4, 0.5) is 0 Å². The van der Waals surface area contributed by atoms with E-state index in [4.69, 9.17) is 0 Å². The van der Waals surface area contributed by atoms with Crippen LogP contribution in [0.2, 0.25) is 0 Å². The summed E-state index contributed by atoms with van der Waals surface area (Å²) in [7, 11) is 0. The van der Waals surface area contributed by atoms with Crippen LogP contribution >= 0.6 is 0 Å². The zero-order chi connectivity index (χ0) is 13.0. The Labute approximate surface area is 102 Å². The molecule has 0 saturated carbocycles. The first-order valence-electron chi connectivity index (χ1n) is 6.81. The molecule has 16 heavy (non-hydrogen) atoms. The van der Waals surface area contributed by atoms with Gasteiger partial charge < -0.3 is 0 Å². The lowest BCUT2D eigenvalue weighted by Crippen LogP contribution is -1.89. The number of hydrogen-bond acceptors (Lipinski definition) is 1. The molecule has 1 heterocycles. The second-order valence-corrected chi connectivity index (χ2v) is 2.99. The Morgan fingerprint density at radius 1 is 1.06 bits per heavy atom. The highest BCUT2D eigenvalue weighted by Gasteiger charge is 2.18. The maximum atomic E-state index is 4.34. The Balaban J connectivity index is 0. The zero-order valence-electron chi connectivity index (χ0n) is 12.2. The molecule has 1 aromatic rings. The van der Waals surface area contributed by atoms with E-state index in [1.54, 1.807) is 0 Å². The number of aromatic nitrogens is 1. The van der Waals surface area contributed by atoms with Crippen molar-refractivity contribution in [3.8, 4) is 0 Å². The third kappa shape index (κ3) is 5.29. The summed E-state index contributed by atoms with van der Waals surface area (Å²) in [4.78, 5) is 4.34. The molecule has 1 heteroatoms. The van der Waals surface area contributed by atoms with Gasteiger partial charge in [0.05, 0.1) is 0 Å². The fourth-order valence-electron chi connectivity index (χ4n) is 1.61. The summed E-state index contributed by atoms with van der Waals surface area (Å²) in [6.45, 7) is 14.2. The van der Waals surface area contributed by atoms with Crippen molar-refractivity contribution in [3.63, 3.8) is 0 Å². The zero-order valence-corrected chi connectivity index (χ0v) is 12.2. The molecule has 1 atom stereocenters. The van der Waals surface area contributed by atoms with Crippen LogP contribution in [0.15, 0.2) is 18.3 Å². The van der Waals surface area contributed by atoms with E-state index in [2.05, 4.69) is 18.0 Å². The van der Waals surface area contributed by atoms with Crippen LogP contribution < -0.4 is 0 Å². The minimum absolute atomic E-state index is 0.691. The second kappa shape index (κ2) is 12.2. The number of aryl methyl sites for hydroxylation is 1. The molecule has 0 aromatic carbocycles. The Kier molecular flexibility index (Phi) is 13.4. The van der Waals surface area contributed by atoms with Gasteiger partial charge in [0.15, 0.2) is 0 Å². The third-order valence-electron chi connectivity index (χ3n) is 2.24. The van der Waals surface area contributed by atoms with Gasteiger partial charge in [0, 0.05) is 11.9 Å². The average Bonchev–Trinajstić information content (AvgIpc) is 2.79. The summed E-state index contributed by atoms with van der Waals surface area (Å²) in [6.07, 6.45) is 4.40. The molecule has 1 nitrogen and oxygen atoms in total. The van der Waals surface area contributed by atoms with Crippen molar-refractivity contribution in [3.05, 3.63) is 29.6 Å². The molecule has 94 valence electrons. The summed E-state index contributed by atoms with van der Waals surface area (Å²) >= 11 is 0. The molecule has 0 amide bonds. The van der Waals surface area contributed by atoms with E-state index >= 15 is 0 Å². The minimum atomic E-state index is 0.691. The van der Waals surface area contributed by atoms with Gasteiger partial charge in [-0.1, -0.05) is 54.5 Å². The molecule has 0 radical (unpaired) electrons. The predicted octanol–water partition coefficient (Wildman–Crippen LogP) is 5.21. The van der Waals surface area contributed by atoms with Gasteiger partial charge in [0.2, 0.25) is 0 Å². The first kappa shape index (κ1) is 17.5. The van der Waals surface area contributed by atoms with Crippen molar-refractivity contribution in [2.24, 2.45) is 0 Å². The lowest BCUT2D eigenvalue weighted by atomic mass is 10.1. The average molecular weight is 223 g/mol. The predicted molar refractivity (Wildman–Crippen MR) is 75.0 cm³/mol. The lowest BCUT2D eigenvalue weighted by Gasteiger charge is -1.99. The molecule has 0 N–H and O–H groups in total. The Hall–Kier alpha value is -0.850. The molecule has 1 unspecified atom stereocenters. The van der Waals surface area contributed by atoms with Crippen molar-refractivity contribution in [2.75, 3.05) is 0 Å². The van der Waals surface area contributed by atoms with Crippen LogP contribution in [0.1, 0.15) is 72.1 Å². The lowest BCUT2D eigenvalue weighted by molar-refractivity contribution is 0.731. The van der Waals surface area contributed by atoms with Gasteiger partial charge in [0.25, 0.3) is 0 Å². The third-order valence-corrected chi connectivity index (χ3v) is 2.24. The quantitative estimate of drug-likeness (QED) is 0.588. The number of pyridine rings is 1. The maximum Gasteiger partial charge on any atom is 0.0463 e. The van der Waals surface area contributed by atoms with Crippen molar-refractivity contribution in [2.45, 2.75) is 67.2 Å². The number of hydrogen-bond donors (Lipinski definition) is 0. The van der Waals surface area contributed by atoms with Gasteiger partial charge in [-0.3, -0.25) is 4.98 Å². The van der Waals surface area contributed by atoms with Crippen LogP contribution in [0.5, 0.6) is 0 Å². The summed E-state index contributed by atoms with van der Waals surface area (Å²) < 4.78 is 0. The fraction of sp³-hybridized carbons (Fsp3) is 0.667. The van der Waals surface area contributed by atoms with E-state index in [9.17, 15) is 0 Å². The SMILES string of the molecule is CC.CC.CC.CC1CCc2cccnc21. The molecule has 1 aliphatic rings. The van der Waals surface area contributed by atoms with Crippen LogP contribution in [0.25, 0.3) is 0 Å². The monoisotopic (exact) mass is 223 g/mol. The van der Waals surface area contributed by atoms with E-state index in [-0.39, 0.29) is 0 Å². The Morgan fingerprint density at radius 3 is 2.12 bits per heavy atom. The summed E-state index contributed by atoms with van der Waals surface area (Å²) in [6, 6.07) is 4.21. The maximum absolute atomic E-state index is 4.34. The normalized spacial score (nSPS) is 15.3. The van der Waals surface area contributed by atoms with Gasteiger partial charge in [-0.15, -0.1) is 0 Å². The highest BCUT2D eigenvalue weighted by molar-refractivity contribution is 5.27. The molecular weight excluding hydrogens is 194 g/mol. The van der Waals surface area contributed by atoms with Gasteiger partial charge in [-0.2, -0.15) is 0 Å². The molecule has 0 saturated heterocycles. The smallest absolute Gasteiger partial charge is 0.0463 e. The van der Waals surface area contributed by atoms with Crippen LogP contribution in [0, 0.1) is 0 Å². The van der Waals surface area contributed by atoms with E-state index in [1.165, 1.54) is 24.1 Å². The highest BCUT2D eigenvalue weighted by atomic mass is 14.7. The first-order valence-corrected chi connectivity index (χ1v) is 6.81. The van der Waals surface area contributed by atoms with Crippen LogP contribution in [-0.4, -0.2) is 4.98 Å². The molecule has 0 fully saturated rings. The van der Waals surface area contributed by atoms with Gasteiger partial charge in [-0.25, -0.2) is 0 Å². The van der Waals surface area contributed by atoms with Gasteiger partial charge in [-0.05, 0) is 30.4 Å². The second-order valence-electron chi connectivity index (χ2n) is 2.99. The standard InChI is InChI=1S/C9H11N.3C2H6/c1-7-4-5-8-3-2-6-10-9(7)8;3*1-2/h2-3,6-7H,4-5H2,1H3;3*1-2H3. The van der Waals surface area contributed by atoms with Crippen LogP contribution in [0.3, 0.4) is 0 Å². The molecular formula is C15H29N. The van der Waals surface area contributed by atoms with Crippen molar-refractivity contribution in [1.82, 2.24) is 4.98 Å². The first-order chi connectivity index (χ1) is 7.88. The molecule has 1 aromatic heterocycles. The van der Waals surface area contributed by atoms with E-state index < -0.39 is 0 Å². The minimum Gasteiger partial charge on any atom is -0.261 e. The van der Waals surface area contributed by atoms with Gasteiger partial charge in [0.1, 0.15) is 0 Å². The molecule has 1 aliphatic carbocycles. The fourth-order valence-corrected chi connectivity index (χ4v) is 1.61.